The molecule has 1 amide bonds. The van der Waals surface area contributed by atoms with E-state index >= 15 is 0 Å². The van der Waals surface area contributed by atoms with Gasteiger partial charge < -0.3 is 32.6 Å². The van der Waals surface area contributed by atoms with Crippen LogP contribution in [-0.4, -0.2) is 68.4 Å². The van der Waals surface area contributed by atoms with E-state index in [4.69, 9.17) is 27.7 Å². The number of rotatable bonds is 19. The molecule has 1 heterocycles. The molecular formula is C53H55F3N3O8P. The maximum absolute atomic E-state index is 14.9. The van der Waals surface area contributed by atoms with Crippen molar-refractivity contribution in [3.8, 4) is 28.9 Å². The molecule has 0 spiro atoms. The number of anilines is 1. The van der Waals surface area contributed by atoms with Crippen molar-refractivity contribution in [3.63, 3.8) is 0 Å². The number of nitrogens with zero attached hydrogens (tertiary/aromatic N) is 3. The third-order valence-corrected chi connectivity index (χ3v) is 14.2. The second-order valence-electron chi connectivity index (χ2n) is 17.1. The summed E-state index contributed by atoms with van der Waals surface area (Å²) in [5.41, 5.74) is 1.16. The topological polar surface area (TPSA) is 124 Å². The van der Waals surface area contributed by atoms with Gasteiger partial charge in [-0.2, -0.15) is 18.4 Å². The maximum Gasteiger partial charge on any atom is 0.471 e. The van der Waals surface area contributed by atoms with Crippen LogP contribution in [0, 0.1) is 17.2 Å². The molecule has 6 aromatic rings. The van der Waals surface area contributed by atoms with Crippen molar-refractivity contribution in [2.24, 2.45) is 5.92 Å². The SMILES string of the molecule is COc1ccc(C(OC[C@H]2C[C@H](N(C(=O)C(F)(F)F)c3ccc4oc(-c5ccccc5)cc(=O)c4c3)C[C@@H]2OP(OCCC#N)N(C(C)C)C(C)C)(c2ccccc2)c2ccc(OC)cc2)cc1. The van der Waals surface area contributed by atoms with Crippen LogP contribution >= 0.6 is 8.53 Å². The van der Waals surface area contributed by atoms with Crippen molar-refractivity contribution in [3.05, 3.63) is 160 Å². The van der Waals surface area contributed by atoms with E-state index in [0.717, 1.165) is 21.6 Å². The lowest BCUT2D eigenvalue weighted by molar-refractivity contribution is -0.171. The predicted molar refractivity (Wildman–Crippen MR) is 256 cm³/mol. The molecular weight excluding hydrogens is 895 g/mol. The summed E-state index contributed by atoms with van der Waals surface area (Å²) in [5.74, 6) is -1.19. The highest BCUT2D eigenvalue weighted by atomic mass is 31.2. The Morgan fingerprint density at radius 2 is 1.37 bits per heavy atom. The van der Waals surface area contributed by atoms with E-state index in [9.17, 15) is 28.0 Å². The first-order chi connectivity index (χ1) is 32.7. The smallest absolute Gasteiger partial charge is 0.471 e. The number of hydrogen-bond donors (Lipinski definition) is 0. The summed E-state index contributed by atoms with van der Waals surface area (Å²) < 4.78 is 84.6. The van der Waals surface area contributed by atoms with Crippen molar-refractivity contribution in [2.45, 2.75) is 83.0 Å². The normalized spacial score (nSPS) is 16.8. The van der Waals surface area contributed by atoms with Crippen LogP contribution in [0.5, 0.6) is 11.5 Å². The van der Waals surface area contributed by atoms with Crippen LogP contribution in [0.15, 0.2) is 143 Å². The number of nitriles is 1. The van der Waals surface area contributed by atoms with Gasteiger partial charge in [0, 0.05) is 41.4 Å². The summed E-state index contributed by atoms with van der Waals surface area (Å²) in [7, 11) is 1.26. The van der Waals surface area contributed by atoms with Gasteiger partial charge in [0.2, 0.25) is 0 Å². The number of halogens is 3. The zero-order chi connectivity index (χ0) is 48.6. The van der Waals surface area contributed by atoms with Crippen LogP contribution in [-0.2, 0) is 24.2 Å². The highest BCUT2D eigenvalue weighted by Gasteiger charge is 2.50. The molecule has 7 rings (SSSR count). The van der Waals surface area contributed by atoms with Crippen LogP contribution in [0.4, 0.5) is 18.9 Å². The maximum atomic E-state index is 14.9. The number of hydrogen-bond acceptors (Lipinski definition) is 10. The first kappa shape index (κ1) is 49.8. The molecule has 4 atom stereocenters. The molecule has 1 unspecified atom stereocenters. The molecule has 0 aliphatic heterocycles. The second-order valence-corrected chi connectivity index (χ2v) is 18.5. The van der Waals surface area contributed by atoms with E-state index in [1.165, 1.54) is 24.3 Å². The Balaban J connectivity index is 1.35. The Hall–Kier alpha value is -6.07. The molecule has 356 valence electrons. The van der Waals surface area contributed by atoms with Gasteiger partial charge in [0.1, 0.15) is 28.4 Å². The van der Waals surface area contributed by atoms with Crippen molar-refractivity contribution in [1.29, 1.82) is 5.26 Å². The average molecular weight is 950 g/mol. The first-order valence-corrected chi connectivity index (χ1v) is 23.6. The van der Waals surface area contributed by atoms with E-state index in [1.54, 1.807) is 38.5 Å². The van der Waals surface area contributed by atoms with Gasteiger partial charge in [-0.05, 0) is 99.7 Å². The summed E-state index contributed by atoms with van der Waals surface area (Å²) in [5, 5.41) is 9.47. The summed E-state index contributed by atoms with van der Waals surface area (Å²) in [6, 6.07) is 39.8. The van der Waals surface area contributed by atoms with E-state index in [1.807, 2.05) is 117 Å². The van der Waals surface area contributed by atoms with Crippen LogP contribution < -0.4 is 19.8 Å². The van der Waals surface area contributed by atoms with Gasteiger partial charge in [-0.3, -0.25) is 9.59 Å². The molecule has 0 N–H and O–H groups in total. The van der Waals surface area contributed by atoms with Crippen LogP contribution in [0.2, 0.25) is 0 Å². The third kappa shape index (κ3) is 10.9. The fourth-order valence-corrected chi connectivity index (χ4v) is 10.8. The highest BCUT2D eigenvalue weighted by molar-refractivity contribution is 7.44. The number of methoxy groups -OCH3 is 2. The van der Waals surface area contributed by atoms with Crippen LogP contribution in [0.1, 0.15) is 63.6 Å². The van der Waals surface area contributed by atoms with Crippen molar-refractivity contribution >= 4 is 31.1 Å². The van der Waals surface area contributed by atoms with E-state index in [0.29, 0.717) is 22.8 Å². The molecule has 15 heteroatoms. The predicted octanol–water partition coefficient (Wildman–Crippen LogP) is 11.8. The average Bonchev–Trinajstić information content (AvgIpc) is 3.73. The zero-order valence-electron chi connectivity index (χ0n) is 38.8. The summed E-state index contributed by atoms with van der Waals surface area (Å²) >= 11 is 0. The van der Waals surface area contributed by atoms with E-state index < -0.39 is 49.7 Å². The molecule has 11 nitrogen and oxygen atoms in total. The Labute approximate surface area is 395 Å². The van der Waals surface area contributed by atoms with Gasteiger partial charge in [0.05, 0.1) is 51.4 Å². The van der Waals surface area contributed by atoms with Gasteiger partial charge >= 0.3 is 12.1 Å². The minimum absolute atomic E-state index is 0.00684. The van der Waals surface area contributed by atoms with Gasteiger partial charge in [0.15, 0.2) is 5.43 Å². The molecule has 68 heavy (non-hydrogen) atoms. The fraction of sp³-hybridized carbons (Fsp3) is 0.340. The molecule has 0 bridgehead atoms. The molecule has 0 radical (unpaired) electrons. The number of amides is 1. The van der Waals surface area contributed by atoms with E-state index in [-0.39, 0.29) is 61.2 Å². The van der Waals surface area contributed by atoms with E-state index in [2.05, 4.69) is 6.07 Å². The Bertz CT molecular complexity index is 2660. The molecule has 1 aliphatic carbocycles. The number of alkyl halides is 3. The third-order valence-electron chi connectivity index (χ3n) is 12.1. The second kappa shape index (κ2) is 21.9. The summed E-state index contributed by atoms with van der Waals surface area (Å²) in [4.78, 5) is 28.2. The molecule has 1 aliphatic rings. The number of benzene rings is 5. The molecule has 5 aromatic carbocycles. The van der Waals surface area contributed by atoms with Crippen molar-refractivity contribution in [2.75, 3.05) is 32.3 Å². The molecule has 1 aromatic heterocycles. The Morgan fingerprint density at radius 1 is 0.794 bits per heavy atom. The Morgan fingerprint density at radius 3 is 1.91 bits per heavy atom. The van der Waals surface area contributed by atoms with Crippen molar-refractivity contribution < 1.29 is 45.6 Å². The molecule has 0 saturated heterocycles. The summed E-state index contributed by atoms with van der Waals surface area (Å²) in [6.07, 6.45) is -6.07. The minimum Gasteiger partial charge on any atom is -0.497 e. The number of carbonyl (C=O) groups is 1. The largest absolute Gasteiger partial charge is 0.497 e. The van der Waals surface area contributed by atoms with Gasteiger partial charge in [0.25, 0.3) is 8.53 Å². The number of carbonyl (C=O) groups excluding carboxylic acids is 1. The lowest BCUT2D eigenvalue weighted by Gasteiger charge is -2.39. The molecule has 1 saturated carbocycles. The van der Waals surface area contributed by atoms with Gasteiger partial charge in [-0.25, -0.2) is 4.67 Å². The monoisotopic (exact) mass is 949 g/mol. The number of ether oxygens (including phenoxy) is 3. The quantitative estimate of drug-likeness (QED) is 0.0440. The van der Waals surface area contributed by atoms with Crippen LogP contribution in [0.3, 0.4) is 0 Å². The van der Waals surface area contributed by atoms with Gasteiger partial charge in [-0.1, -0.05) is 84.9 Å². The van der Waals surface area contributed by atoms with Crippen LogP contribution in [0.25, 0.3) is 22.3 Å². The minimum atomic E-state index is -5.29. The molecule has 1 fully saturated rings. The lowest BCUT2D eigenvalue weighted by Crippen LogP contribution is -2.47. The highest BCUT2D eigenvalue weighted by Crippen LogP contribution is 2.52. The first-order valence-electron chi connectivity index (χ1n) is 22.5. The lowest BCUT2D eigenvalue weighted by atomic mass is 9.79. The van der Waals surface area contributed by atoms with Gasteiger partial charge in [-0.15, -0.1) is 0 Å². The fourth-order valence-electron chi connectivity index (χ4n) is 8.96. The summed E-state index contributed by atoms with van der Waals surface area (Å²) in [6.45, 7) is 7.97. The standard InChI is InChI=1S/C53H55F3N3O8P/c1-35(2)59(36(3)4)68(65-29-13-28-57)67-50-32-43(58(51(61)53(54,55)56)42-22-27-48-46(31-42)47(60)33-49(66-48)37-14-9-7-10-15-37)30-38(50)34-64-52(39-16-11-8-12-17-39,40-18-23-44(62-5)24-19-40)41-20-25-45(63-6)26-21-41/h7-12,14-27,31,33,35-36,38,43,50H,13,29-30,32,34H2,1-6H3/t38-,43+,50+,68?/m1/s1. The van der Waals surface area contributed by atoms with Crippen molar-refractivity contribution in [1.82, 2.24) is 4.67 Å². The zero-order valence-corrected chi connectivity index (χ0v) is 39.7. The number of fused-ring (bicyclic) bond motifs is 1. The Kier molecular flexibility index (Phi) is 16.1.